The fourth-order valence-corrected chi connectivity index (χ4v) is 4.45. The number of amides is 1. The van der Waals surface area contributed by atoms with Gasteiger partial charge < -0.3 is 20.1 Å². The highest BCUT2D eigenvalue weighted by Gasteiger charge is 2.24. The zero-order valence-corrected chi connectivity index (χ0v) is 17.0. The highest BCUT2D eigenvalue weighted by Crippen LogP contribution is 2.32. The Labute approximate surface area is 166 Å². The predicted octanol–water partition coefficient (Wildman–Crippen LogP) is 1.69. The van der Waals surface area contributed by atoms with E-state index in [1.807, 2.05) is 6.92 Å². The van der Waals surface area contributed by atoms with Crippen LogP contribution in [0.3, 0.4) is 0 Å². The van der Waals surface area contributed by atoms with Crippen LogP contribution in [0.1, 0.15) is 32.6 Å². The van der Waals surface area contributed by atoms with Crippen LogP contribution in [0.25, 0.3) is 0 Å². The lowest BCUT2D eigenvalue weighted by molar-refractivity contribution is -0.121. The van der Waals surface area contributed by atoms with Gasteiger partial charge in [0.1, 0.15) is 0 Å². The first-order valence-corrected chi connectivity index (χ1v) is 10.8. The third kappa shape index (κ3) is 5.73. The molecule has 2 aliphatic heterocycles. The van der Waals surface area contributed by atoms with Crippen LogP contribution < -0.4 is 20.1 Å². The van der Waals surface area contributed by atoms with Crippen LogP contribution in [-0.4, -0.2) is 51.9 Å². The Kier molecular flexibility index (Phi) is 7.76. The molecule has 1 fully saturated rings. The Balaban J connectivity index is 0.00000261. The summed E-state index contributed by atoms with van der Waals surface area (Å²) in [6.07, 6.45) is 2.62. The second-order valence-electron chi connectivity index (χ2n) is 6.79. The van der Waals surface area contributed by atoms with E-state index >= 15 is 0 Å². The molecule has 7 nitrogen and oxygen atoms in total. The third-order valence-corrected chi connectivity index (χ3v) is 6.50. The van der Waals surface area contributed by atoms with Gasteiger partial charge in [-0.1, -0.05) is 0 Å². The molecule has 1 amide bonds. The molecule has 0 aliphatic carbocycles. The van der Waals surface area contributed by atoms with Crippen molar-refractivity contribution in [2.75, 3.05) is 25.5 Å². The van der Waals surface area contributed by atoms with Gasteiger partial charge in [0.2, 0.25) is 5.91 Å². The summed E-state index contributed by atoms with van der Waals surface area (Å²) >= 11 is 0. The second kappa shape index (κ2) is 9.61. The molecule has 2 unspecified atom stereocenters. The normalized spacial score (nSPS) is 22.3. The third-order valence-electron chi connectivity index (χ3n) is 4.78. The van der Waals surface area contributed by atoms with Crippen molar-refractivity contribution in [3.05, 3.63) is 18.2 Å². The molecular formula is C18H27ClN2O5S. The molecule has 27 heavy (non-hydrogen) atoms. The summed E-state index contributed by atoms with van der Waals surface area (Å²) < 4.78 is 36.2. The van der Waals surface area contributed by atoms with Gasteiger partial charge in [-0.25, -0.2) is 8.42 Å². The molecule has 2 aliphatic rings. The van der Waals surface area contributed by atoms with Gasteiger partial charge in [-0.3, -0.25) is 4.79 Å². The van der Waals surface area contributed by atoms with Crippen LogP contribution in [-0.2, 0) is 14.6 Å². The van der Waals surface area contributed by atoms with E-state index < -0.39 is 9.84 Å². The highest BCUT2D eigenvalue weighted by molar-refractivity contribution is 7.91. The van der Waals surface area contributed by atoms with Gasteiger partial charge >= 0.3 is 0 Å². The Morgan fingerprint density at radius 1 is 1.22 bits per heavy atom. The predicted molar refractivity (Wildman–Crippen MR) is 105 cm³/mol. The first-order chi connectivity index (χ1) is 12.5. The summed E-state index contributed by atoms with van der Waals surface area (Å²) in [7, 11) is -3.57. The number of hydrogen-bond acceptors (Lipinski definition) is 6. The van der Waals surface area contributed by atoms with Crippen LogP contribution in [0.4, 0.5) is 0 Å². The number of fused-ring (bicyclic) bond motifs is 1. The summed E-state index contributed by atoms with van der Waals surface area (Å²) in [6.45, 7) is 4.02. The zero-order valence-electron chi connectivity index (χ0n) is 15.4. The van der Waals surface area contributed by atoms with Gasteiger partial charge in [0.25, 0.3) is 0 Å². The van der Waals surface area contributed by atoms with E-state index in [4.69, 9.17) is 9.47 Å². The molecule has 1 aromatic carbocycles. The number of rotatable bonds is 5. The quantitative estimate of drug-likeness (QED) is 0.755. The minimum atomic E-state index is -3.57. The molecule has 0 radical (unpaired) electrons. The molecule has 1 aromatic rings. The molecule has 0 spiro atoms. The summed E-state index contributed by atoms with van der Waals surface area (Å²) in [6, 6.07) is 4.86. The maximum Gasteiger partial charge on any atom is 0.221 e. The van der Waals surface area contributed by atoms with E-state index in [0.29, 0.717) is 24.7 Å². The average molecular weight is 419 g/mol. The summed E-state index contributed by atoms with van der Waals surface area (Å²) in [5, 5.41) is 6.25. The lowest BCUT2D eigenvalue weighted by Gasteiger charge is -2.30. The van der Waals surface area contributed by atoms with E-state index in [0.717, 1.165) is 25.8 Å². The molecule has 0 bridgehead atoms. The van der Waals surface area contributed by atoms with Crippen LogP contribution in [0.2, 0.25) is 0 Å². The highest BCUT2D eigenvalue weighted by atomic mass is 35.5. The van der Waals surface area contributed by atoms with Gasteiger partial charge in [-0.2, -0.15) is 0 Å². The topological polar surface area (TPSA) is 93.7 Å². The lowest BCUT2D eigenvalue weighted by atomic mass is 10.00. The van der Waals surface area contributed by atoms with Crippen LogP contribution in [0.5, 0.6) is 11.5 Å². The van der Waals surface area contributed by atoms with E-state index in [1.165, 1.54) is 12.1 Å². The van der Waals surface area contributed by atoms with E-state index in [9.17, 15) is 13.2 Å². The van der Waals surface area contributed by atoms with E-state index in [-0.39, 0.29) is 47.5 Å². The van der Waals surface area contributed by atoms with Gasteiger partial charge in [0, 0.05) is 31.0 Å². The minimum absolute atomic E-state index is 0. The fraction of sp³-hybridized carbons (Fsp3) is 0.611. The largest absolute Gasteiger partial charge is 0.490 e. The number of benzene rings is 1. The smallest absolute Gasteiger partial charge is 0.221 e. The summed E-state index contributed by atoms with van der Waals surface area (Å²) in [5.41, 5.74) is 0. The minimum Gasteiger partial charge on any atom is -0.490 e. The maximum absolute atomic E-state index is 12.6. The van der Waals surface area contributed by atoms with Gasteiger partial charge in [0.05, 0.1) is 23.9 Å². The Bertz CT molecular complexity index is 756. The average Bonchev–Trinajstić information content (AvgIpc) is 2.87. The van der Waals surface area contributed by atoms with Crippen molar-refractivity contribution in [2.45, 2.75) is 49.6 Å². The molecule has 9 heteroatoms. The first kappa shape index (κ1) is 21.8. The number of ether oxygens (including phenoxy) is 2. The maximum atomic E-state index is 12.6. The first-order valence-electron chi connectivity index (χ1n) is 9.11. The van der Waals surface area contributed by atoms with Crippen molar-refractivity contribution in [3.8, 4) is 11.5 Å². The van der Waals surface area contributed by atoms with Crippen molar-refractivity contribution < 1.29 is 22.7 Å². The molecule has 2 N–H and O–H groups in total. The SMILES string of the molecule is CC1NCCCC1NC(=O)CCS(=O)(=O)c1ccc2c(c1)OCCCO2.Cl. The number of carbonyl (C=O) groups excluding carboxylic acids is 1. The number of halogens is 1. The number of piperidine rings is 1. The van der Waals surface area contributed by atoms with Crippen molar-refractivity contribution in [1.82, 2.24) is 10.6 Å². The second-order valence-corrected chi connectivity index (χ2v) is 8.90. The molecule has 2 atom stereocenters. The zero-order chi connectivity index (χ0) is 18.6. The van der Waals surface area contributed by atoms with Crippen molar-refractivity contribution >= 4 is 28.2 Å². The molecule has 3 rings (SSSR count). The molecule has 1 saturated heterocycles. The monoisotopic (exact) mass is 418 g/mol. The fourth-order valence-electron chi connectivity index (χ4n) is 3.20. The summed E-state index contributed by atoms with van der Waals surface area (Å²) in [5.74, 6) is 0.532. The molecule has 152 valence electrons. The number of nitrogens with one attached hydrogen (secondary N) is 2. The molecule has 0 aromatic heterocycles. The Morgan fingerprint density at radius 2 is 1.96 bits per heavy atom. The number of hydrogen-bond donors (Lipinski definition) is 2. The van der Waals surface area contributed by atoms with Crippen molar-refractivity contribution in [1.29, 1.82) is 0 Å². The van der Waals surface area contributed by atoms with Gasteiger partial charge in [-0.15, -0.1) is 12.4 Å². The van der Waals surface area contributed by atoms with Gasteiger partial charge in [-0.05, 0) is 38.4 Å². The molecule has 2 heterocycles. The molecule has 0 saturated carbocycles. The number of carbonyl (C=O) groups is 1. The standard InChI is InChI=1S/C18H26N2O5S.ClH/c1-13-15(4-2-8-19-13)20-18(21)7-11-26(22,23)14-5-6-16-17(12-14)25-10-3-9-24-16;/h5-6,12-13,15,19H,2-4,7-11H2,1H3,(H,20,21);1H. The van der Waals surface area contributed by atoms with E-state index in [2.05, 4.69) is 10.6 Å². The van der Waals surface area contributed by atoms with Crippen LogP contribution in [0.15, 0.2) is 23.1 Å². The van der Waals surface area contributed by atoms with Crippen molar-refractivity contribution in [2.24, 2.45) is 0 Å². The van der Waals surface area contributed by atoms with Crippen molar-refractivity contribution in [3.63, 3.8) is 0 Å². The Hall–Kier alpha value is -1.51. The lowest BCUT2D eigenvalue weighted by Crippen LogP contribution is -2.52. The summed E-state index contributed by atoms with van der Waals surface area (Å²) in [4.78, 5) is 12.3. The van der Waals surface area contributed by atoms with Gasteiger partial charge in [0.15, 0.2) is 21.3 Å². The Morgan fingerprint density at radius 3 is 2.70 bits per heavy atom. The number of sulfone groups is 1. The molecular weight excluding hydrogens is 392 g/mol. The van der Waals surface area contributed by atoms with Crippen LogP contribution >= 0.6 is 12.4 Å². The van der Waals surface area contributed by atoms with Crippen LogP contribution in [0, 0.1) is 0 Å². The van der Waals surface area contributed by atoms with E-state index in [1.54, 1.807) is 6.07 Å².